The van der Waals surface area contributed by atoms with Crippen LogP contribution in [0.5, 0.6) is 0 Å². The molecule has 0 saturated carbocycles. The molecule has 0 fully saturated rings. The largest absolute Gasteiger partial charge is 0.360 e. The summed E-state index contributed by atoms with van der Waals surface area (Å²) in [6.45, 7) is 0.804. The fourth-order valence-electron chi connectivity index (χ4n) is 2.39. The van der Waals surface area contributed by atoms with Crippen LogP contribution in [0.15, 0.2) is 48.8 Å². The molecule has 0 bridgehead atoms. The van der Waals surface area contributed by atoms with E-state index in [2.05, 4.69) is 30.7 Å². The van der Waals surface area contributed by atoms with E-state index in [1.807, 2.05) is 47.0 Å². The Morgan fingerprint density at radius 1 is 1.00 bits per heavy atom. The third-order valence-corrected chi connectivity index (χ3v) is 4.45. The smallest absolute Gasteiger partial charge is 0.206 e. The Morgan fingerprint density at radius 2 is 1.96 bits per heavy atom. The van der Waals surface area contributed by atoms with Gasteiger partial charge in [0.25, 0.3) is 0 Å². The zero-order valence-corrected chi connectivity index (χ0v) is 13.6. The minimum absolute atomic E-state index is 0.804. The van der Waals surface area contributed by atoms with Gasteiger partial charge in [0.2, 0.25) is 5.13 Å². The Balaban J connectivity index is 1.32. The third-order valence-electron chi connectivity index (χ3n) is 3.55. The number of hydrogen-bond donors (Lipinski definition) is 1. The zero-order valence-electron chi connectivity index (χ0n) is 12.8. The van der Waals surface area contributed by atoms with Crippen LogP contribution in [-0.2, 0) is 6.42 Å². The summed E-state index contributed by atoms with van der Waals surface area (Å²) in [6.07, 6.45) is 5.53. The van der Waals surface area contributed by atoms with E-state index in [1.54, 1.807) is 6.20 Å². The van der Waals surface area contributed by atoms with Gasteiger partial charge in [0, 0.05) is 25.4 Å². The predicted molar refractivity (Wildman–Crippen MR) is 92.9 cm³/mol. The van der Waals surface area contributed by atoms with Crippen LogP contribution < -0.4 is 5.32 Å². The molecule has 0 saturated heterocycles. The van der Waals surface area contributed by atoms with Gasteiger partial charge in [0.1, 0.15) is 11.5 Å². The van der Waals surface area contributed by atoms with Crippen LogP contribution >= 0.6 is 11.3 Å². The van der Waals surface area contributed by atoms with Crippen LogP contribution in [0.4, 0.5) is 5.13 Å². The minimum Gasteiger partial charge on any atom is -0.360 e. The molecular weight excluding hydrogens is 322 g/mol. The summed E-state index contributed by atoms with van der Waals surface area (Å²) in [5, 5.41) is 21.7. The number of pyridine rings is 2. The molecule has 0 aromatic carbocycles. The van der Waals surface area contributed by atoms with Crippen molar-refractivity contribution >= 4 is 22.1 Å². The molecule has 120 valence electrons. The number of fused-ring (bicyclic) bond motifs is 1. The maximum atomic E-state index is 4.28. The van der Waals surface area contributed by atoms with Crippen LogP contribution in [0, 0.1) is 0 Å². The van der Waals surface area contributed by atoms with Crippen LogP contribution in [-0.4, -0.2) is 36.3 Å². The number of rotatable bonds is 6. The van der Waals surface area contributed by atoms with Crippen molar-refractivity contribution in [3.63, 3.8) is 0 Å². The van der Waals surface area contributed by atoms with E-state index < -0.39 is 0 Å². The molecule has 4 aromatic rings. The van der Waals surface area contributed by atoms with Gasteiger partial charge in [-0.25, -0.2) is 0 Å². The van der Waals surface area contributed by atoms with Crippen LogP contribution in [0.1, 0.15) is 12.2 Å². The number of nitrogens with one attached hydrogen (secondary N) is 1. The molecule has 0 spiro atoms. The highest BCUT2D eigenvalue weighted by atomic mass is 32.1. The summed E-state index contributed by atoms with van der Waals surface area (Å²) in [4.78, 5) is 4.28. The summed E-state index contributed by atoms with van der Waals surface area (Å²) in [7, 11) is 0. The lowest BCUT2D eigenvalue weighted by Gasteiger charge is -2.01. The van der Waals surface area contributed by atoms with Gasteiger partial charge in [-0.05, 0) is 30.7 Å². The lowest BCUT2D eigenvalue weighted by atomic mass is 10.3. The minimum atomic E-state index is 0.804. The van der Waals surface area contributed by atoms with Gasteiger partial charge >= 0.3 is 0 Å². The molecule has 0 radical (unpaired) electrons. The lowest BCUT2D eigenvalue weighted by molar-refractivity contribution is 0.787. The number of hydrogen-bond acceptors (Lipinski definition) is 7. The molecule has 0 aliphatic carbocycles. The second-order valence-corrected chi connectivity index (χ2v) is 6.18. The highest BCUT2D eigenvalue weighted by Gasteiger charge is 2.07. The number of aryl methyl sites for hydroxylation is 1. The van der Waals surface area contributed by atoms with Gasteiger partial charge in [-0.1, -0.05) is 23.5 Å². The van der Waals surface area contributed by atoms with Gasteiger partial charge in [-0.2, -0.15) is 0 Å². The molecule has 0 aliphatic rings. The van der Waals surface area contributed by atoms with Crippen LogP contribution in [0.25, 0.3) is 16.3 Å². The summed E-state index contributed by atoms with van der Waals surface area (Å²) in [5.41, 5.74) is 1.72. The number of nitrogens with zero attached hydrogens (tertiary/aromatic N) is 6. The molecule has 0 amide bonds. The fourth-order valence-corrected chi connectivity index (χ4v) is 3.14. The Bertz CT molecular complexity index is 932. The fraction of sp³-hybridized carbons (Fsp3) is 0.188. The van der Waals surface area contributed by atoms with E-state index in [9.17, 15) is 0 Å². The quantitative estimate of drug-likeness (QED) is 0.545. The molecule has 0 atom stereocenters. The topological polar surface area (TPSA) is 80.9 Å². The first kappa shape index (κ1) is 14.7. The van der Waals surface area contributed by atoms with Crippen molar-refractivity contribution in [3.8, 4) is 10.7 Å². The molecule has 4 aromatic heterocycles. The molecule has 0 unspecified atom stereocenters. The van der Waals surface area contributed by atoms with Gasteiger partial charge in [0.15, 0.2) is 10.7 Å². The third kappa shape index (κ3) is 3.09. The van der Waals surface area contributed by atoms with Crippen molar-refractivity contribution in [1.29, 1.82) is 0 Å². The molecule has 4 heterocycles. The SMILES string of the molecule is c1ccc(-c2nnc(NCCCc3nnc4ccccn34)s2)nc1. The first-order chi connectivity index (χ1) is 11.9. The van der Waals surface area contributed by atoms with Gasteiger partial charge in [-0.15, -0.1) is 20.4 Å². The van der Waals surface area contributed by atoms with Crippen molar-refractivity contribution in [2.45, 2.75) is 12.8 Å². The van der Waals surface area contributed by atoms with Crippen molar-refractivity contribution in [2.24, 2.45) is 0 Å². The Kier molecular flexibility index (Phi) is 4.11. The second kappa shape index (κ2) is 6.71. The number of anilines is 1. The van der Waals surface area contributed by atoms with E-state index in [4.69, 9.17) is 0 Å². The lowest BCUT2D eigenvalue weighted by Crippen LogP contribution is -2.04. The summed E-state index contributed by atoms with van der Waals surface area (Å²) in [6, 6.07) is 11.7. The molecule has 8 heteroatoms. The van der Waals surface area contributed by atoms with Gasteiger partial charge < -0.3 is 5.32 Å². The zero-order chi connectivity index (χ0) is 16.2. The monoisotopic (exact) mass is 337 g/mol. The second-order valence-electron chi connectivity index (χ2n) is 5.20. The normalized spacial score (nSPS) is 11.0. The Morgan fingerprint density at radius 3 is 2.88 bits per heavy atom. The molecule has 24 heavy (non-hydrogen) atoms. The summed E-state index contributed by atoms with van der Waals surface area (Å²) < 4.78 is 2.02. The van der Waals surface area contributed by atoms with E-state index in [-0.39, 0.29) is 0 Å². The maximum absolute atomic E-state index is 4.28. The summed E-state index contributed by atoms with van der Waals surface area (Å²) in [5.74, 6) is 0.971. The standard InChI is InChI=1S/C16H15N7S/c1-3-9-17-12(6-1)15-21-22-16(24-15)18-10-5-8-14-20-19-13-7-2-4-11-23(13)14/h1-4,6-7,9,11H,5,8,10H2,(H,18,22). The first-order valence-corrected chi connectivity index (χ1v) is 8.49. The highest BCUT2D eigenvalue weighted by Crippen LogP contribution is 2.24. The Hall–Kier alpha value is -2.87. The summed E-state index contributed by atoms with van der Waals surface area (Å²) >= 11 is 1.51. The Labute approximate surface area is 142 Å². The highest BCUT2D eigenvalue weighted by molar-refractivity contribution is 7.18. The van der Waals surface area contributed by atoms with Gasteiger partial charge in [0.05, 0.1) is 0 Å². The van der Waals surface area contributed by atoms with E-state index >= 15 is 0 Å². The molecule has 4 rings (SSSR count). The molecule has 1 N–H and O–H groups in total. The van der Waals surface area contributed by atoms with Crippen LogP contribution in [0.3, 0.4) is 0 Å². The van der Waals surface area contributed by atoms with Crippen molar-refractivity contribution in [2.75, 3.05) is 11.9 Å². The van der Waals surface area contributed by atoms with E-state index in [0.717, 1.165) is 46.7 Å². The predicted octanol–water partition coefficient (Wildman–Crippen LogP) is 2.69. The van der Waals surface area contributed by atoms with E-state index in [0.29, 0.717) is 0 Å². The molecule has 0 aliphatic heterocycles. The van der Waals surface area contributed by atoms with Crippen LogP contribution in [0.2, 0.25) is 0 Å². The number of aromatic nitrogens is 6. The molecule has 7 nitrogen and oxygen atoms in total. The average molecular weight is 337 g/mol. The first-order valence-electron chi connectivity index (χ1n) is 7.67. The van der Waals surface area contributed by atoms with E-state index in [1.165, 1.54) is 11.3 Å². The molecular formula is C16H15N7S. The average Bonchev–Trinajstić information content (AvgIpc) is 3.27. The maximum Gasteiger partial charge on any atom is 0.206 e. The van der Waals surface area contributed by atoms with Crippen molar-refractivity contribution < 1.29 is 0 Å². The van der Waals surface area contributed by atoms with Gasteiger partial charge in [-0.3, -0.25) is 9.38 Å². The van der Waals surface area contributed by atoms with Crippen molar-refractivity contribution in [3.05, 3.63) is 54.6 Å². The van der Waals surface area contributed by atoms with Crippen molar-refractivity contribution in [1.82, 2.24) is 29.8 Å².